The zero-order valence-electron chi connectivity index (χ0n) is 9.43. The van der Waals surface area contributed by atoms with Gasteiger partial charge < -0.3 is 4.57 Å². The Morgan fingerprint density at radius 3 is 2.69 bits per heavy atom. The molecule has 0 saturated heterocycles. The average Bonchev–Trinajstić information content (AvgIpc) is 2.50. The summed E-state index contributed by atoms with van der Waals surface area (Å²) in [6.45, 7) is 2.02. The van der Waals surface area contributed by atoms with Crippen LogP contribution >= 0.6 is 0 Å². The fourth-order valence-electron chi connectivity index (χ4n) is 2.19. The number of aromatic nitrogens is 1. The average molecular weight is 218 g/mol. The van der Waals surface area contributed by atoms with Crippen molar-refractivity contribution in [3.05, 3.63) is 45.6 Å². The maximum atomic E-state index is 10.4. The number of aryl methyl sites for hydroxylation is 2. The summed E-state index contributed by atoms with van der Waals surface area (Å²) in [5, 5.41) is 11.6. The van der Waals surface area contributed by atoms with Crippen LogP contribution in [0.5, 0.6) is 0 Å². The zero-order valence-corrected chi connectivity index (χ0v) is 9.43. The summed E-state index contributed by atoms with van der Waals surface area (Å²) in [5.41, 5.74) is 3.34. The number of hydrogen-bond donors (Lipinski definition) is 0. The van der Waals surface area contributed by atoms with E-state index in [0.29, 0.717) is 6.42 Å². The topological polar surface area (TPSA) is 48.1 Å². The third-order valence-corrected chi connectivity index (χ3v) is 3.04. The van der Waals surface area contributed by atoms with E-state index in [-0.39, 0.29) is 11.5 Å². The molecule has 16 heavy (non-hydrogen) atoms. The molecule has 84 valence electrons. The van der Waals surface area contributed by atoms with Crippen LogP contribution < -0.4 is 0 Å². The Bertz CT molecular complexity index is 504. The standard InChI is InChI=1S/C12H14N2O2/c1-9-10-5-3-4-6-12(10)13(2)11(9)7-8-14(15)16/h3-6H,7-8H2,1-2H3. The highest BCUT2D eigenvalue weighted by Gasteiger charge is 2.12. The molecule has 4 heteroatoms. The lowest BCUT2D eigenvalue weighted by Crippen LogP contribution is -2.08. The Morgan fingerprint density at radius 1 is 1.38 bits per heavy atom. The third-order valence-electron chi connectivity index (χ3n) is 3.04. The van der Waals surface area contributed by atoms with Gasteiger partial charge in [0.2, 0.25) is 6.54 Å². The molecule has 0 fully saturated rings. The van der Waals surface area contributed by atoms with E-state index < -0.39 is 0 Å². The second-order valence-electron chi connectivity index (χ2n) is 3.95. The summed E-state index contributed by atoms with van der Waals surface area (Å²) in [4.78, 5) is 10.1. The molecule has 1 aromatic heterocycles. The zero-order chi connectivity index (χ0) is 11.7. The van der Waals surface area contributed by atoms with E-state index in [2.05, 4.69) is 6.07 Å². The van der Waals surface area contributed by atoms with Crippen molar-refractivity contribution in [3.8, 4) is 0 Å². The molecule has 0 bridgehead atoms. The minimum atomic E-state index is -0.267. The highest BCUT2D eigenvalue weighted by atomic mass is 16.6. The number of hydrogen-bond acceptors (Lipinski definition) is 2. The minimum Gasteiger partial charge on any atom is -0.347 e. The second-order valence-corrected chi connectivity index (χ2v) is 3.95. The highest BCUT2D eigenvalue weighted by Crippen LogP contribution is 2.24. The van der Waals surface area contributed by atoms with Gasteiger partial charge in [-0.25, -0.2) is 0 Å². The highest BCUT2D eigenvalue weighted by molar-refractivity contribution is 5.85. The van der Waals surface area contributed by atoms with Crippen molar-refractivity contribution in [3.63, 3.8) is 0 Å². The molecule has 0 aliphatic heterocycles. The monoisotopic (exact) mass is 218 g/mol. The van der Waals surface area contributed by atoms with Gasteiger partial charge >= 0.3 is 0 Å². The number of benzene rings is 1. The normalized spacial score (nSPS) is 10.9. The summed E-state index contributed by atoms with van der Waals surface area (Å²) in [5.74, 6) is 0. The largest absolute Gasteiger partial charge is 0.347 e. The van der Waals surface area contributed by atoms with Gasteiger partial charge in [0.05, 0.1) is 6.42 Å². The molecule has 1 heterocycles. The maximum absolute atomic E-state index is 10.4. The molecule has 2 rings (SSSR count). The lowest BCUT2D eigenvalue weighted by molar-refractivity contribution is -0.479. The third kappa shape index (κ3) is 1.66. The van der Waals surface area contributed by atoms with Crippen molar-refractivity contribution in [2.45, 2.75) is 13.3 Å². The van der Waals surface area contributed by atoms with Crippen molar-refractivity contribution in [2.24, 2.45) is 7.05 Å². The smallest absolute Gasteiger partial charge is 0.209 e. The van der Waals surface area contributed by atoms with Crippen LogP contribution in [-0.2, 0) is 13.5 Å². The van der Waals surface area contributed by atoms with Gasteiger partial charge in [0.1, 0.15) is 0 Å². The predicted molar refractivity (Wildman–Crippen MR) is 63.2 cm³/mol. The van der Waals surface area contributed by atoms with Crippen molar-refractivity contribution in [2.75, 3.05) is 6.54 Å². The van der Waals surface area contributed by atoms with Crippen molar-refractivity contribution in [1.82, 2.24) is 4.57 Å². The first kappa shape index (κ1) is 10.7. The molecule has 0 saturated carbocycles. The fourth-order valence-corrected chi connectivity index (χ4v) is 2.19. The van der Waals surface area contributed by atoms with Gasteiger partial charge in [-0.3, -0.25) is 10.1 Å². The van der Waals surface area contributed by atoms with Crippen molar-refractivity contribution < 1.29 is 4.92 Å². The Labute approximate surface area is 93.6 Å². The molecule has 4 nitrogen and oxygen atoms in total. The first-order valence-electron chi connectivity index (χ1n) is 5.26. The summed E-state index contributed by atoms with van der Waals surface area (Å²) in [7, 11) is 1.96. The van der Waals surface area contributed by atoms with E-state index in [0.717, 1.165) is 16.8 Å². The summed E-state index contributed by atoms with van der Waals surface area (Å²) >= 11 is 0. The first-order chi connectivity index (χ1) is 7.61. The number of fused-ring (bicyclic) bond motifs is 1. The lowest BCUT2D eigenvalue weighted by atomic mass is 10.1. The SMILES string of the molecule is Cc1c(CC[N+](=O)[O-])n(C)c2ccccc12. The summed E-state index contributed by atoms with van der Waals surface area (Å²) < 4.78 is 2.05. The van der Waals surface area contributed by atoms with Crippen LogP contribution in [0.25, 0.3) is 10.9 Å². The molecular formula is C12H14N2O2. The molecule has 0 aliphatic carbocycles. The Balaban J connectivity index is 2.48. The van der Waals surface area contributed by atoms with E-state index in [9.17, 15) is 10.1 Å². The van der Waals surface area contributed by atoms with Crippen LogP contribution in [0.3, 0.4) is 0 Å². The number of nitro groups is 1. The fraction of sp³-hybridized carbons (Fsp3) is 0.333. The molecule has 0 N–H and O–H groups in total. The van der Waals surface area contributed by atoms with E-state index in [4.69, 9.17) is 0 Å². The van der Waals surface area contributed by atoms with Crippen molar-refractivity contribution >= 4 is 10.9 Å². The molecular weight excluding hydrogens is 204 g/mol. The van der Waals surface area contributed by atoms with Crippen LogP contribution in [0.4, 0.5) is 0 Å². The van der Waals surface area contributed by atoms with Gasteiger partial charge in [-0.05, 0) is 18.6 Å². The molecule has 0 spiro atoms. The van der Waals surface area contributed by atoms with Gasteiger partial charge in [-0.2, -0.15) is 0 Å². The van der Waals surface area contributed by atoms with Crippen LogP contribution in [0, 0.1) is 17.0 Å². The molecule has 0 radical (unpaired) electrons. The number of nitrogens with zero attached hydrogens (tertiary/aromatic N) is 2. The summed E-state index contributed by atoms with van der Waals surface area (Å²) in [6.07, 6.45) is 0.490. The van der Waals surface area contributed by atoms with Gasteiger partial charge in [0.15, 0.2) is 0 Å². The number of para-hydroxylation sites is 1. The molecule has 0 aliphatic rings. The van der Waals surface area contributed by atoms with Gasteiger partial charge in [-0.1, -0.05) is 18.2 Å². The molecule has 0 atom stereocenters. The molecule has 2 aromatic rings. The van der Waals surface area contributed by atoms with Crippen molar-refractivity contribution in [1.29, 1.82) is 0 Å². The maximum Gasteiger partial charge on any atom is 0.209 e. The van der Waals surface area contributed by atoms with Crippen LogP contribution in [0.15, 0.2) is 24.3 Å². The van der Waals surface area contributed by atoms with E-state index in [1.165, 1.54) is 5.39 Å². The number of rotatable bonds is 3. The van der Waals surface area contributed by atoms with E-state index in [1.807, 2.05) is 36.7 Å². The Kier molecular flexibility index (Phi) is 2.64. The van der Waals surface area contributed by atoms with Crippen LogP contribution in [0.1, 0.15) is 11.3 Å². The quantitative estimate of drug-likeness (QED) is 0.586. The second kappa shape index (κ2) is 3.96. The molecule has 0 unspecified atom stereocenters. The Hall–Kier alpha value is -1.84. The van der Waals surface area contributed by atoms with Gasteiger partial charge in [0.25, 0.3) is 0 Å². The Morgan fingerprint density at radius 2 is 2.06 bits per heavy atom. The first-order valence-corrected chi connectivity index (χ1v) is 5.26. The lowest BCUT2D eigenvalue weighted by Gasteiger charge is -2.02. The van der Waals surface area contributed by atoms with Gasteiger partial charge in [-0.15, -0.1) is 0 Å². The van der Waals surface area contributed by atoms with Crippen LogP contribution in [-0.4, -0.2) is 16.0 Å². The van der Waals surface area contributed by atoms with Crippen LogP contribution in [0.2, 0.25) is 0 Å². The summed E-state index contributed by atoms with van der Waals surface area (Å²) in [6, 6.07) is 8.07. The predicted octanol–water partition coefficient (Wildman–Crippen LogP) is 2.31. The van der Waals surface area contributed by atoms with Gasteiger partial charge in [0, 0.05) is 28.6 Å². The minimum absolute atomic E-state index is 0.00893. The van der Waals surface area contributed by atoms with E-state index >= 15 is 0 Å². The molecule has 1 aromatic carbocycles. The molecule has 0 amide bonds. The van der Waals surface area contributed by atoms with E-state index in [1.54, 1.807) is 0 Å².